The highest BCUT2D eigenvalue weighted by Crippen LogP contribution is 2.20. The lowest BCUT2D eigenvalue weighted by atomic mass is 10.0. The van der Waals surface area contributed by atoms with E-state index < -0.39 is 0 Å². The zero-order valence-corrected chi connectivity index (χ0v) is 8.13. The Morgan fingerprint density at radius 2 is 2.36 bits per heavy atom. The topological polar surface area (TPSA) is 67.5 Å². The molecule has 0 unspecified atom stereocenters. The van der Waals surface area contributed by atoms with Crippen molar-refractivity contribution in [1.29, 1.82) is 0 Å². The Hall–Kier alpha value is -1.84. The van der Waals surface area contributed by atoms with Crippen LogP contribution in [0.1, 0.15) is 13.3 Å². The van der Waals surface area contributed by atoms with Crippen LogP contribution in [-0.4, -0.2) is 12.1 Å². The van der Waals surface area contributed by atoms with Gasteiger partial charge in [0.25, 0.3) is 5.91 Å². The van der Waals surface area contributed by atoms with E-state index in [-0.39, 0.29) is 11.7 Å². The third-order valence-corrected chi connectivity index (χ3v) is 1.93. The number of hydrogen-bond acceptors (Lipinski definition) is 3. The maximum atomic E-state index is 11.5. The fourth-order valence-electron chi connectivity index (χ4n) is 1.10. The van der Waals surface area contributed by atoms with Crippen molar-refractivity contribution in [3.05, 3.63) is 35.8 Å². The Bertz CT molecular complexity index is 364. The van der Waals surface area contributed by atoms with Crippen molar-refractivity contribution in [2.24, 2.45) is 10.7 Å². The Morgan fingerprint density at radius 3 is 2.93 bits per heavy atom. The lowest BCUT2D eigenvalue weighted by molar-refractivity contribution is -0.116. The SMILES string of the molecule is C=C(N)NC(=O)C1=C(C)C(=C)CC=N1. The molecule has 0 saturated carbocycles. The summed E-state index contributed by atoms with van der Waals surface area (Å²) < 4.78 is 0. The van der Waals surface area contributed by atoms with Crippen LogP contribution in [0.3, 0.4) is 0 Å². The molecule has 14 heavy (non-hydrogen) atoms. The number of carbonyl (C=O) groups is 1. The van der Waals surface area contributed by atoms with Gasteiger partial charge in [0.2, 0.25) is 0 Å². The van der Waals surface area contributed by atoms with Gasteiger partial charge in [0, 0.05) is 12.6 Å². The number of allylic oxidation sites excluding steroid dienone is 2. The third-order valence-electron chi connectivity index (χ3n) is 1.93. The average molecular weight is 191 g/mol. The largest absolute Gasteiger partial charge is 0.386 e. The molecule has 1 aliphatic rings. The molecule has 1 aliphatic heterocycles. The van der Waals surface area contributed by atoms with Crippen LogP contribution in [0, 0.1) is 0 Å². The summed E-state index contributed by atoms with van der Waals surface area (Å²) in [6, 6.07) is 0. The number of carbonyl (C=O) groups excluding carboxylic acids is 1. The normalized spacial score (nSPS) is 15.6. The van der Waals surface area contributed by atoms with Crippen LogP contribution >= 0.6 is 0 Å². The molecule has 0 radical (unpaired) electrons. The van der Waals surface area contributed by atoms with E-state index in [1.54, 1.807) is 6.21 Å². The lowest BCUT2D eigenvalue weighted by Gasteiger charge is -2.13. The summed E-state index contributed by atoms with van der Waals surface area (Å²) in [5.41, 5.74) is 7.30. The summed E-state index contributed by atoms with van der Waals surface area (Å²) in [6.07, 6.45) is 2.34. The Morgan fingerprint density at radius 1 is 1.71 bits per heavy atom. The van der Waals surface area contributed by atoms with Crippen molar-refractivity contribution in [2.45, 2.75) is 13.3 Å². The highest BCUT2D eigenvalue weighted by Gasteiger charge is 2.16. The van der Waals surface area contributed by atoms with Crippen molar-refractivity contribution in [2.75, 3.05) is 0 Å². The van der Waals surface area contributed by atoms with Crippen LogP contribution < -0.4 is 11.1 Å². The molecule has 4 nitrogen and oxygen atoms in total. The number of amides is 1. The van der Waals surface area contributed by atoms with E-state index in [0.717, 1.165) is 11.1 Å². The summed E-state index contributed by atoms with van der Waals surface area (Å²) in [4.78, 5) is 15.5. The predicted octanol–water partition coefficient (Wildman–Crippen LogP) is 0.837. The quantitative estimate of drug-likeness (QED) is 0.679. The van der Waals surface area contributed by atoms with Crippen molar-refractivity contribution in [3.8, 4) is 0 Å². The summed E-state index contributed by atoms with van der Waals surface area (Å²) in [5.74, 6) is -0.228. The second-order valence-corrected chi connectivity index (χ2v) is 3.07. The standard InChI is InChI=1S/C10H13N3O/c1-6-4-5-12-9(7(6)2)10(14)13-8(3)11/h5H,1,3-4,11H2,2H3,(H,13,14). The van der Waals surface area contributed by atoms with Crippen LogP contribution in [0.2, 0.25) is 0 Å². The van der Waals surface area contributed by atoms with Crippen molar-refractivity contribution >= 4 is 12.1 Å². The third kappa shape index (κ3) is 2.10. The van der Waals surface area contributed by atoms with Gasteiger partial charge in [0.15, 0.2) is 0 Å². The molecule has 4 heteroatoms. The number of nitrogens with one attached hydrogen (secondary N) is 1. The predicted molar refractivity (Wildman–Crippen MR) is 56.4 cm³/mol. The van der Waals surface area contributed by atoms with E-state index in [1.165, 1.54) is 0 Å². The molecule has 0 saturated heterocycles. The molecule has 1 rings (SSSR count). The second-order valence-electron chi connectivity index (χ2n) is 3.07. The number of rotatable bonds is 2. The van der Waals surface area contributed by atoms with Crippen LogP contribution in [0.15, 0.2) is 40.8 Å². The molecular formula is C10H13N3O. The van der Waals surface area contributed by atoms with Gasteiger partial charge in [-0.3, -0.25) is 9.79 Å². The number of nitrogens with zero attached hydrogens (tertiary/aromatic N) is 1. The van der Waals surface area contributed by atoms with Crippen LogP contribution in [0.4, 0.5) is 0 Å². The lowest BCUT2D eigenvalue weighted by Crippen LogP contribution is -2.28. The number of hydrogen-bond donors (Lipinski definition) is 2. The van der Waals surface area contributed by atoms with E-state index in [4.69, 9.17) is 5.73 Å². The highest BCUT2D eigenvalue weighted by molar-refractivity contribution is 5.98. The van der Waals surface area contributed by atoms with Gasteiger partial charge >= 0.3 is 0 Å². The summed E-state index contributed by atoms with van der Waals surface area (Å²) in [7, 11) is 0. The van der Waals surface area contributed by atoms with Gasteiger partial charge in [-0.2, -0.15) is 0 Å². The van der Waals surface area contributed by atoms with Crippen molar-refractivity contribution < 1.29 is 4.79 Å². The molecule has 3 N–H and O–H groups in total. The molecule has 0 bridgehead atoms. The number of aliphatic imine (C=N–C) groups is 1. The molecule has 0 aromatic rings. The summed E-state index contributed by atoms with van der Waals surface area (Å²) in [5, 5.41) is 2.40. The first kappa shape index (κ1) is 10.2. The van der Waals surface area contributed by atoms with Crippen LogP contribution in [-0.2, 0) is 4.79 Å². The number of nitrogens with two attached hydrogens (primary N) is 1. The van der Waals surface area contributed by atoms with Crippen LogP contribution in [0.5, 0.6) is 0 Å². The molecule has 0 aromatic heterocycles. The first-order valence-corrected chi connectivity index (χ1v) is 4.19. The molecule has 0 aromatic carbocycles. The maximum Gasteiger partial charge on any atom is 0.275 e. The Balaban J connectivity index is 2.91. The van der Waals surface area contributed by atoms with Gasteiger partial charge in [-0.1, -0.05) is 13.2 Å². The molecule has 0 aliphatic carbocycles. The Labute approximate surface area is 82.9 Å². The smallest absolute Gasteiger partial charge is 0.275 e. The highest BCUT2D eigenvalue weighted by atomic mass is 16.2. The fraction of sp³-hybridized carbons (Fsp3) is 0.200. The van der Waals surface area contributed by atoms with Crippen LogP contribution in [0.25, 0.3) is 0 Å². The average Bonchev–Trinajstić information content (AvgIpc) is 2.08. The van der Waals surface area contributed by atoms with Crippen molar-refractivity contribution in [3.63, 3.8) is 0 Å². The van der Waals surface area contributed by atoms with Gasteiger partial charge in [-0.05, 0) is 18.1 Å². The first-order valence-electron chi connectivity index (χ1n) is 4.19. The minimum Gasteiger partial charge on any atom is -0.386 e. The molecule has 0 atom stereocenters. The molecule has 74 valence electrons. The minimum absolute atomic E-state index is 0.113. The molecule has 0 spiro atoms. The summed E-state index contributed by atoms with van der Waals surface area (Å²) >= 11 is 0. The van der Waals surface area contributed by atoms with E-state index in [9.17, 15) is 4.79 Å². The Kier molecular flexibility index (Phi) is 2.86. The molecule has 1 heterocycles. The zero-order valence-electron chi connectivity index (χ0n) is 8.13. The van der Waals surface area contributed by atoms with Gasteiger partial charge < -0.3 is 11.1 Å². The van der Waals surface area contributed by atoms with Gasteiger partial charge in [-0.15, -0.1) is 0 Å². The zero-order chi connectivity index (χ0) is 10.7. The fourth-order valence-corrected chi connectivity index (χ4v) is 1.10. The second kappa shape index (κ2) is 3.91. The van der Waals surface area contributed by atoms with E-state index >= 15 is 0 Å². The van der Waals surface area contributed by atoms with Gasteiger partial charge in [-0.25, -0.2) is 0 Å². The van der Waals surface area contributed by atoms with Crippen molar-refractivity contribution in [1.82, 2.24) is 5.32 Å². The van der Waals surface area contributed by atoms with Gasteiger partial charge in [0.05, 0.1) is 5.82 Å². The molecule has 1 amide bonds. The molecule has 0 fully saturated rings. The van der Waals surface area contributed by atoms with Gasteiger partial charge in [0.1, 0.15) is 5.70 Å². The van der Waals surface area contributed by atoms with E-state index in [0.29, 0.717) is 12.1 Å². The summed E-state index contributed by atoms with van der Waals surface area (Å²) in [6.45, 7) is 9.02. The van der Waals surface area contributed by atoms with E-state index in [2.05, 4.69) is 23.5 Å². The van der Waals surface area contributed by atoms with E-state index in [1.807, 2.05) is 6.92 Å². The molecular weight excluding hydrogens is 178 g/mol. The minimum atomic E-state index is -0.341. The monoisotopic (exact) mass is 191 g/mol. The first-order chi connectivity index (χ1) is 6.52. The maximum absolute atomic E-state index is 11.5.